The third-order valence-corrected chi connectivity index (χ3v) is 3.82. The van der Waals surface area contributed by atoms with E-state index in [4.69, 9.17) is 18.0 Å². The molecule has 1 aliphatic heterocycles. The summed E-state index contributed by atoms with van der Waals surface area (Å²) in [5, 5.41) is 4.61. The van der Waals surface area contributed by atoms with Gasteiger partial charge < -0.3 is 5.73 Å². The van der Waals surface area contributed by atoms with Crippen molar-refractivity contribution in [3.63, 3.8) is 0 Å². The fourth-order valence-electron chi connectivity index (χ4n) is 2.75. The van der Waals surface area contributed by atoms with Crippen molar-refractivity contribution in [2.75, 3.05) is 11.6 Å². The minimum Gasteiger partial charge on any atom is -0.375 e. The Morgan fingerprint density at radius 2 is 1.60 bits per heavy atom. The molecule has 2 N–H and O–H groups in total. The van der Waals surface area contributed by atoms with Gasteiger partial charge in [-0.3, -0.25) is 10.0 Å². The summed E-state index contributed by atoms with van der Waals surface area (Å²) >= 11 is 5.27. The van der Waals surface area contributed by atoms with E-state index in [9.17, 15) is 0 Å². The standard InChI is InChI=1S/C16H17N3S/c17-16(20)19-15(13-7-3-1-4-8-13)11-12-18(19)14-9-5-2-6-10-14/h1-10,15H,11-12H2,(H2,17,20). The molecule has 2 aromatic carbocycles. The maximum Gasteiger partial charge on any atom is 0.185 e. The second kappa shape index (κ2) is 5.51. The lowest BCUT2D eigenvalue weighted by Gasteiger charge is -2.34. The van der Waals surface area contributed by atoms with Crippen LogP contribution >= 0.6 is 12.2 Å². The van der Waals surface area contributed by atoms with Crippen molar-refractivity contribution in [3.8, 4) is 0 Å². The molecule has 1 atom stereocenters. The maximum atomic E-state index is 5.97. The van der Waals surface area contributed by atoms with Gasteiger partial charge in [0, 0.05) is 6.54 Å². The normalized spacial score (nSPS) is 18.3. The van der Waals surface area contributed by atoms with Crippen LogP contribution in [0.25, 0.3) is 0 Å². The minimum atomic E-state index is 0.217. The van der Waals surface area contributed by atoms with Crippen LogP contribution in [0.2, 0.25) is 0 Å². The van der Waals surface area contributed by atoms with Crippen LogP contribution in [0.15, 0.2) is 60.7 Å². The summed E-state index contributed by atoms with van der Waals surface area (Å²) in [6, 6.07) is 20.8. The van der Waals surface area contributed by atoms with Gasteiger partial charge in [-0.05, 0) is 36.3 Å². The number of nitrogens with zero attached hydrogens (tertiary/aromatic N) is 2. The van der Waals surface area contributed by atoms with Crippen LogP contribution in [0, 0.1) is 0 Å². The second-order valence-electron chi connectivity index (χ2n) is 4.86. The molecule has 4 heteroatoms. The highest BCUT2D eigenvalue weighted by Gasteiger charge is 2.33. The highest BCUT2D eigenvalue weighted by molar-refractivity contribution is 7.80. The van der Waals surface area contributed by atoms with Crippen LogP contribution in [0.5, 0.6) is 0 Å². The number of nitrogens with two attached hydrogens (primary N) is 1. The second-order valence-corrected chi connectivity index (χ2v) is 5.27. The number of para-hydroxylation sites is 1. The Morgan fingerprint density at radius 1 is 1.00 bits per heavy atom. The topological polar surface area (TPSA) is 32.5 Å². The van der Waals surface area contributed by atoms with Gasteiger partial charge in [0.05, 0.1) is 11.7 Å². The lowest BCUT2D eigenvalue weighted by molar-refractivity contribution is 0.376. The highest BCUT2D eigenvalue weighted by Crippen LogP contribution is 2.34. The molecule has 3 nitrogen and oxygen atoms in total. The van der Waals surface area contributed by atoms with E-state index >= 15 is 0 Å². The van der Waals surface area contributed by atoms with E-state index in [0.717, 1.165) is 18.7 Å². The molecular weight excluding hydrogens is 266 g/mol. The van der Waals surface area contributed by atoms with Crippen molar-refractivity contribution in [1.82, 2.24) is 5.01 Å². The number of hydrogen-bond acceptors (Lipinski definition) is 2. The van der Waals surface area contributed by atoms with Crippen LogP contribution < -0.4 is 10.7 Å². The van der Waals surface area contributed by atoms with Crippen molar-refractivity contribution in [2.24, 2.45) is 5.73 Å². The molecule has 0 aromatic heterocycles. The Balaban J connectivity index is 1.94. The summed E-state index contributed by atoms with van der Waals surface area (Å²) in [6.45, 7) is 0.918. The third kappa shape index (κ3) is 2.34. The molecule has 0 radical (unpaired) electrons. The Bertz CT molecular complexity index is 538. The van der Waals surface area contributed by atoms with Gasteiger partial charge in [-0.25, -0.2) is 0 Å². The average molecular weight is 283 g/mol. The van der Waals surface area contributed by atoms with Crippen LogP contribution in [0.1, 0.15) is 18.0 Å². The van der Waals surface area contributed by atoms with E-state index in [1.54, 1.807) is 0 Å². The Hall–Kier alpha value is -2.07. The fraction of sp³-hybridized carbons (Fsp3) is 0.188. The van der Waals surface area contributed by atoms with Crippen LogP contribution in [0.4, 0.5) is 5.69 Å². The van der Waals surface area contributed by atoms with Gasteiger partial charge in [-0.2, -0.15) is 0 Å². The summed E-state index contributed by atoms with van der Waals surface area (Å²) in [6.07, 6.45) is 1.01. The van der Waals surface area contributed by atoms with E-state index in [1.807, 2.05) is 29.3 Å². The molecule has 1 heterocycles. The van der Waals surface area contributed by atoms with E-state index in [-0.39, 0.29) is 6.04 Å². The summed E-state index contributed by atoms with van der Waals surface area (Å²) in [5.74, 6) is 0. The fourth-order valence-corrected chi connectivity index (χ4v) is 2.98. The zero-order valence-electron chi connectivity index (χ0n) is 11.1. The molecular formula is C16H17N3S. The Labute approximate surface area is 124 Å². The zero-order chi connectivity index (χ0) is 13.9. The number of rotatable bonds is 2. The first-order valence-corrected chi connectivity index (χ1v) is 7.14. The molecule has 1 aliphatic rings. The van der Waals surface area contributed by atoms with E-state index in [0.29, 0.717) is 5.11 Å². The predicted molar refractivity (Wildman–Crippen MR) is 86.2 cm³/mol. The third-order valence-electron chi connectivity index (χ3n) is 3.63. The summed E-state index contributed by atoms with van der Waals surface area (Å²) in [5.41, 5.74) is 8.34. The van der Waals surface area contributed by atoms with Crippen molar-refractivity contribution in [3.05, 3.63) is 66.2 Å². The van der Waals surface area contributed by atoms with Crippen LogP contribution in [-0.4, -0.2) is 16.7 Å². The number of thiocarbonyl (C=S) groups is 1. The molecule has 20 heavy (non-hydrogen) atoms. The van der Waals surface area contributed by atoms with Gasteiger partial charge in [0.15, 0.2) is 5.11 Å². The number of hydrazine groups is 1. The van der Waals surface area contributed by atoms with Crippen molar-refractivity contribution in [2.45, 2.75) is 12.5 Å². The molecule has 0 amide bonds. The molecule has 1 fully saturated rings. The highest BCUT2D eigenvalue weighted by atomic mass is 32.1. The Morgan fingerprint density at radius 3 is 2.20 bits per heavy atom. The van der Waals surface area contributed by atoms with Gasteiger partial charge in [0.25, 0.3) is 0 Å². The summed E-state index contributed by atoms with van der Waals surface area (Å²) in [4.78, 5) is 0. The smallest absolute Gasteiger partial charge is 0.185 e. The van der Waals surface area contributed by atoms with Gasteiger partial charge >= 0.3 is 0 Å². The molecule has 0 saturated carbocycles. The summed E-state index contributed by atoms with van der Waals surface area (Å²) < 4.78 is 0. The van der Waals surface area contributed by atoms with Crippen molar-refractivity contribution in [1.29, 1.82) is 0 Å². The molecule has 0 bridgehead atoms. The molecule has 1 saturated heterocycles. The maximum absolute atomic E-state index is 5.97. The average Bonchev–Trinajstić information content (AvgIpc) is 2.94. The quantitative estimate of drug-likeness (QED) is 0.859. The SMILES string of the molecule is NC(=S)N1C(c2ccccc2)CCN1c1ccccc1. The van der Waals surface area contributed by atoms with E-state index < -0.39 is 0 Å². The number of hydrogen-bond donors (Lipinski definition) is 1. The lowest BCUT2D eigenvalue weighted by atomic mass is 10.1. The molecule has 0 aliphatic carbocycles. The summed E-state index contributed by atoms with van der Waals surface area (Å²) in [7, 11) is 0. The molecule has 102 valence electrons. The predicted octanol–water partition coefficient (Wildman–Crippen LogP) is 3.10. The van der Waals surface area contributed by atoms with Crippen molar-refractivity contribution < 1.29 is 0 Å². The Kier molecular flexibility index (Phi) is 3.56. The van der Waals surface area contributed by atoms with E-state index in [1.165, 1.54) is 5.56 Å². The first-order valence-electron chi connectivity index (χ1n) is 6.73. The van der Waals surface area contributed by atoms with Crippen LogP contribution in [0.3, 0.4) is 0 Å². The largest absolute Gasteiger partial charge is 0.375 e. The van der Waals surface area contributed by atoms with E-state index in [2.05, 4.69) is 41.4 Å². The minimum absolute atomic E-state index is 0.217. The van der Waals surface area contributed by atoms with Gasteiger partial charge in [-0.1, -0.05) is 48.5 Å². The molecule has 1 unspecified atom stereocenters. The van der Waals surface area contributed by atoms with Gasteiger partial charge in [0.2, 0.25) is 0 Å². The number of anilines is 1. The number of benzene rings is 2. The van der Waals surface area contributed by atoms with Crippen LogP contribution in [-0.2, 0) is 0 Å². The molecule has 0 spiro atoms. The lowest BCUT2D eigenvalue weighted by Crippen LogP contribution is -2.45. The van der Waals surface area contributed by atoms with Gasteiger partial charge in [0.1, 0.15) is 0 Å². The van der Waals surface area contributed by atoms with Gasteiger partial charge in [-0.15, -0.1) is 0 Å². The monoisotopic (exact) mass is 283 g/mol. The van der Waals surface area contributed by atoms with Crippen molar-refractivity contribution >= 4 is 23.0 Å². The zero-order valence-corrected chi connectivity index (χ0v) is 12.0. The molecule has 2 aromatic rings. The first-order chi connectivity index (χ1) is 9.77. The molecule has 3 rings (SSSR count). The first kappa shape index (κ1) is 12.9.